The van der Waals surface area contributed by atoms with Crippen molar-refractivity contribution in [1.29, 1.82) is 0 Å². The number of ether oxygens (including phenoxy) is 2. The maximum Gasteiger partial charge on any atom is 0.163 e. The molecule has 6 nitrogen and oxygen atoms in total. The van der Waals surface area contributed by atoms with Crippen LogP contribution in [-0.4, -0.2) is 32.5 Å². The number of benzene rings is 1. The minimum Gasteiger partial charge on any atom is -0.382 e. The number of pyridine rings is 2. The van der Waals surface area contributed by atoms with Crippen molar-refractivity contribution in [1.82, 2.24) is 14.5 Å². The molecule has 0 radical (unpaired) electrons. The SMILES string of the molecule is CC1(C)O[C@@H]2[C@@H](CCc3ccc4cc(Cl)c(N)nc4c3)C[C@@H](n3ccc4cnccc43)[C@@H]2O1. The van der Waals surface area contributed by atoms with Gasteiger partial charge in [0.25, 0.3) is 0 Å². The lowest BCUT2D eigenvalue weighted by Gasteiger charge is -2.25. The number of rotatable bonds is 4. The minimum atomic E-state index is -0.569. The largest absolute Gasteiger partial charge is 0.382 e. The lowest BCUT2D eigenvalue weighted by molar-refractivity contribution is -0.160. The molecule has 4 aromatic rings. The smallest absolute Gasteiger partial charge is 0.163 e. The Balaban J connectivity index is 1.26. The maximum atomic E-state index is 6.43. The van der Waals surface area contributed by atoms with E-state index < -0.39 is 5.79 Å². The molecule has 4 atom stereocenters. The van der Waals surface area contributed by atoms with Gasteiger partial charge in [-0.3, -0.25) is 4.98 Å². The van der Waals surface area contributed by atoms with Crippen LogP contribution in [-0.2, 0) is 15.9 Å². The first-order valence-corrected chi connectivity index (χ1v) is 11.9. The Morgan fingerprint density at radius 2 is 1.97 bits per heavy atom. The first-order valence-electron chi connectivity index (χ1n) is 11.5. The Morgan fingerprint density at radius 1 is 1.12 bits per heavy atom. The summed E-state index contributed by atoms with van der Waals surface area (Å²) in [5.74, 6) is 0.205. The summed E-state index contributed by atoms with van der Waals surface area (Å²) < 4.78 is 15.2. The van der Waals surface area contributed by atoms with Crippen molar-refractivity contribution in [3.8, 4) is 0 Å². The number of aromatic nitrogens is 3. The predicted octanol–water partition coefficient (Wildman–Crippen LogP) is 5.53. The number of nitrogen functional groups attached to an aromatic ring is 1. The highest BCUT2D eigenvalue weighted by atomic mass is 35.5. The number of aryl methyl sites for hydroxylation is 1. The van der Waals surface area contributed by atoms with Crippen LogP contribution in [0, 0.1) is 5.92 Å². The van der Waals surface area contributed by atoms with Gasteiger partial charge >= 0.3 is 0 Å². The Hall–Kier alpha value is -2.67. The topological polar surface area (TPSA) is 75.2 Å². The van der Waals surface area contributed by atoms with E-state index in [1.54, 1.807) is 0 Å². The molecule has 33 heavy (non-hydrogen) atoms. The van der Waals surface area contributed by atoms with E-state index in [1.807, 2.05) is 32.3 Å². The predicted molar refractivity (Wildman–Crippen MR) is 130 cm³/mol. The van der Waals surface area contributed by atoms with Gasteiger partial charge in [-0.25, -0.2) is 4.98 Å². The molecule has 2 aliphatic rings. The van der Waals surface area contributed by atoms with Gasteiger partial charge in [0.1, 0.15) is 11.9 Å². The number of halogens is 1. The molecule has 0 bridgehead atoms. The monoisotopic (exact) mass is 462 g/mol. The first kappa shape index (κ1) is 20.9. The second-order valence-corrected chi connectivity index (χ2v) is 10.1. The number of nitrogens with two attached hydrogens (primary N) is 1. The molecule has 0 unspecified atom stereocenters. The summed E-state index contributed by atoms with van der Waals surface area (Å²) in [6, 6.07) is 12.7. The zero-order valence-corrected chi connectivity index (χ0v) is 19.5. The summed E-state index contributed by atoms with van der Waals surface area (Å²) in [5.41, 5.74) is 9.23. The van der Waals surface area contributed by atoms with Crippen LogP contribution in [0.5, 0.6) is 0 Å². The van der Waals surface area contributed by atoms with Crippen molar-refractivity contribution in [3.63, 3.8) is 0 Å². The molecular weight excluding hydrogens is 436 g/mol. The molecule has 170 valence electrons. The van der Waals surface area contributed by atoms with Crippen LogP contribution in [0.1, 0.15) is 38.3 Å². The van der Waals surface area contributed by atoms with E-state index in [-0.39, 0.29) is 18.2 Å². The zero-order valence-electron chi connectivity index (χ0n) is 18.7. The number of hydrogen-bond acceptors (Lipinski definition) is 5. The number of anilines is 1. The van der Waals surface area contributed by atoms with Crippen molar-refractivity contribution < 1.29 is 9.47 Å². The van der Waals surface area contributed by atoms with Gasteiger partial charge in [-0.05, 0) is 68.9 Å². The lowest BCUT2D eigenvalue weighted by Crippen LogP contribution is -2.27. The Kier molecular flexibility index (Phi) is 4.87. The lowest BCUT2D eigenvalue weighted by atomic mass is 9.95. The third-order valence-corrected chi connectivity index (χ3v) is 7.40. The summed E-state index contributed by atoms with van der Waals surface area (Å²) in [5, 5.41) is 2.65. The van der Waals surface area contributed by atoms with E-state index in [9.17, 15) is 0 Å². The summed E-state index contributed by atoms with van der Waals surface area (Å²) in [6.07, 6.45) is 9.03. The van der Waals surface area contributed by atoms with Crippen molar-refractivity contribution >= 4 is 39.2 Å². The molecule has 6 rings (SSSR count). The van der Waals surface area contributed by atoms with E-state index in [4.69, 9.17) is 26.8 Å². The second-order valence-electron chi connectivity index (χ2n) is 9.71. The highest BCUT2D eigenvalue weighted by Gasteiger charge is 2.54. The molecule has 1 aliphatic carbocycles. The van der Waals surface area contributed by atoms with E-state index in [1.165, 1.54) is 11.1 Å². The highest BCUT2D eigenvalue weighted by Crippen LogP contribution is 2.49. The standard InChI is InChI=1S/C26H27ClN4O2/c1-26(2)32-23-17(6-4-15-3-5-16-12-19(27)25(28)30-20(16)11-15)13-22(24(23)33-26)31-10-8-18-14-29-9-7-21(18)31/h3,5,7-12,14,17,22-24H,4,6,13H2,1-2H3,(H2,28,30)/t17-,22+,23+,24-/m0/s1. The van der Waals surface area contributed by atoms with Crippen LogP contribution in [0.15, 0.2) is 55.0 Å². The molecule has 4 heterocycles. The van der Waals surface area contributed by atoms with Gasteiger partial charge in [-0.2, -0.15) is 0 Å². The Labute approximate surface area is 197 Å². The summed E-state index contributed by atoms with van der Waals surface area (Å²) in [4.78, 5) is 8.72. The summed E-state index contributed by atoms with van der Waals surface area (Å²) in [6.45, 7) is 4.03. The van der Waals surface area contributed by atoms with Gasteiger partial charge in [0.05, 0.1) is 28.2 Å². The molecule has 0 spiro atoms. The molecule has 1 aromatic carbocycles. The molecule has 1 aliphatic heterocycles. The zero-order chi connectivity index (χ0) is 22.7. The van der Waals surface area contributed by atoms with E-state index in [0.29, 0.717) is 16.8 Å². The van der Waals surface area contributed by atoms with E-state index >= 15 is 0 Å². The molecule has 0 amide bonds. The normalized spacial score (nSPS) is 26.3. The van der Waals surface area contributed by atoms with Crippen LogP contribution in [0.2, 0.25) is 5.02 Å². The second kappa shape index (κ2) is 7.69. The maximum absolute atomic E-state index is 6.43. The van der Waals surface area contributed by atoms with Gasteiger partial charge in [-0.15, -0.1) is 0 Å². The van der Waals surface area contributed by atoms with Gasteiger partial charge in [0, 0.05) is 29.4 Å². The average Bonchev–Trinajstić information content (AvgIpc) is 3.44. The van der Waals surface area contributed by atoms with Gasteiger partial charge in [0.2, 0.25) is 0 Å². The molecule has 1 saturated carbocycles. The van der Waals surface area contributed by atoms with Crippen LogP contribution in [0.25, 0.3) is 21.8 Å². The van der Waals surface area contributed by atoms with Gasteiger partial charge in [0.15, 0.2) is 5.79 Å². The summed E-state index contributed by atoms with van der Waals surface area (Å²) >= 11 is 6.12. The first-order chi connectivity index (χ1) is 15.9. The van der Waals surface area contributed by atoms with Gasteiger partial charge in [-0.1, -0.05) is 23.7 Å². The Bertz CT molecular complexity index is 1350. The molecule has 2 N–H and O–H groups in total. The van der Waals surface area contributed by atoms with Crippen LogP contribution < -0.4 is 5.73 Å². The number of nitrogens with zero attached hydrogens (tertiary/aromatic N) is 3. The van der Waals surface area contributed by atoms with E-state index in [0.717, 1.165) is 35.6 Å². The van der Waals surface area contributed by atoms with Crippen molar-refractivity contribution in [2.24, 2.45) is 5.92 Å². The van der Waals surface area contributed by atoms with Gasteiger partial charge < -0.3 is 19.8 Å². The molecule has 3 aromatic heterocycles. The number of fused-ring (bicyclic) bond motifs is 3. The summed E-state index contributed by atoms with van der Waals surface area (Å²) in [7, 11) is 0. The van der Waals surface area contributed by atoms with Crippen molar-refractivity contribution in [2.75, 3.05) is 5.73 Å². The third-order valence-electron chi connectivity index (χ3n) is 7.10. The van der Waals surface area contributed by atoms with Crippen LogP contribution in [0.4, 0.5) is 5.82 Å². The van der Waals surface area contributed by atoms with Crippen LogP contribution >= 0.6 is 11.6 Å². The highest BCUT2D eigenvalue weighted by molar-refractivity contribution is 6.33. The van der Waals surface area contributed by atoms with Crippen LogP contribution in [0.3, 0.4) is 0 Å². The number of hydrogen-bond donors (Lipinski definition) is 1. The fraction of sp³-hybridized carbons (Fsp3) is 0.385. The van der Waals surface area contributed by atoms with E-state index in [2.05, 4.69) is 51.1 Å². The fourth-order valence-electron chi connectivity index (χ4n) is 5.61. The van der Waals surface area contributed by atoms with Crippen molar-refractivity contribution in [2.45, 2.75) is 57.1 Å². The molecule has 2 fully saturated rings. The molecule has 1 saturated heterocycles. The molecule has 7 heteroatoms. The molecular formula is C26H27ClN4O2. The quantitative estimate of drug-likeness (QED) is 0.431. The fourth-order valence-corrected chi connectivity index (χ4v) is 5.77. The third kappa shape index (κ3) is 3.66. The van der Waals surface area contributed by atoms with Crippen molar-refractivity contribution in [3.05, 3.63) is 65.6 Å². The Morgan fingerprint density at radius 3 is 2.85 bits per heavy atom. The average molecular weight is 463 g/mol. The minimum absolute atomic E-state index is 0.0361.